The Hall–Kier alpha value is -1.93. The monoisotopic (exact) mass is 449 g/mol. The molecule has 0 spiro atoms. The zero-order valence-electron chi connectivity index (χ0n) is 17.4. The Bertz CT molecular complexity index is 985. The maximum atomic E-state index is 12.5. The highest BCUT2D eigenvalue weighted by Gasteiger charge is 2.22. The van der Waals surface area contributed by atoms with Crippen molar-refractivity contribution in [1.29, 1.82) is 0 Å². The van der Waals surface area contributed by atoms with Crippen LogP contribution in [0.15, 0.2) is 47.4 Å². The summed E-state index contributed by atoms with van der Waals surface area (Å²) in [6.07, 6.45) is 0.154. The molecule has 162 valence electrons. The van der Waals surface area contributed by atoms with Gasteiger partial charge < -0.3 is 4.90 Å². The molecule has 1 N–H and O–H groups in total. The number of aryl methyl sites for hydroxylation is 2. The molecule has 0 aromatic heterocycles. The van der Waals surface area contributed by atoms with E-state index in [-0.39, 0.29) is 23.8 Å². The SMILES string of the molecule is Cc1ccc(S(=O)(=O)NCCC(=O)N2CCN(Cc3ccc(Cl)cc3)CC2)cc1C. The number of carbonyl (C=O) groups is 1. The van der Waals surface area contributed by atoms with E-state index < -0.39 is 10.0 Å². The molecule has 1 heterocycles. The fraction of sp³-hybridized carbons (Fsp3) is 0.409. The largest absolute Gasteiger partial charge is 0.340 e. The predicted molar refractivity (Wildman–Crippen MR) is 119 cm³/mol. The molecule has 1 fully saturated rings. The van der Waals surface area contributed by atoms with Crippen LogP contribution >= 0.6 is 11.6 Å². The third-order valence-electron chi connectivity index (χ3n) is 5.46. The summed E-state index contributed by atoms with van der Waals surface area (Å²) in [4.78, 5) is 16.8. The van der Waals surface area contributed by atoms with Crippen molar-refractivity contribution in [2.75, 3.05) is 32.7 Å². The number of halogens is 1. The fourth-order valence-electron chi connectivity index (χ4n) is 3.42. The van der Waals surface area contributed by atoms with Gasteiger partial charge in [-0.1, -0.05) is 29.8 Å². The average molecular weight is 450 g/mol. The second-order valence-corrected chi connectivity index (χ2v) is 9.88. The minimum absolute atomic E-state index is 0.0241. The predicted octanol–water partition coefficient (Wildman–Crippen LogP) is 2.97. The summed E-state index contributed by atoms with van der Waals surface area (Å²) in [5.41, 5.74) is 3.16. The molecule has 2 aromatic carbocycles. The van der Waals surface area contributed by atoms with Gasteiger partial charge in [0.2, 0.25) is 15.9 Å². The van der Waals surface area contributed by atoms with E-state index in [0.29, 0.717) is 13.1 Å². The summed E-state index contributed by atoms with van der Waals surface area (Å²) in [5, 5.41) is 0.724. The van der Waals surface area contributed by atoms with Crippen LogP contribution in [0.2, 0.25) is 5.02 Å². The fourth-order valence-corrected chi connectivity index (χ4v) is 4.66. The molecule has 1 amide bonds. The highest BCUT2D eigenvalue weighted by Crippen LogP contribution is 2.15. The number of amides is 1. The lowest BCUT2D eigenvalue weighted by Crippen LogP contribution is -2.48. The van der Waals surface area contributed by atoms with E-state index in [0.717, 1.165) is 35.8 Å². The maximum Gasteiger partial charge on any atom is 0.240 e. The van der Waals surface area contributed by atoms with Crippen molar-refractivity contribution in [3.63, 3.8) is 0 Å². The number of nitrogens with zero attached hydrogens (tertiary/aromatic N) is 2. The van der Waals surface area contributed by atoms with Crippen molar-refractivity contribution in [3.05, 3.63) is 64.2 Å². The molecule has 0 saturated carbocycles. The number of nitrogens with one attached hydrogen (secondary N) is 1. The van der Waals surface area contributed by atoms with Crippen LogP contribution in [0.25, 0.3) is 0 Å². The van der Waals surface area contributed by atoms with Crippen LogP contribution in [-0.4, -0.2) is 56.8 Å². The smallest absolute Gasteiger partial charge is 0.240 e. The third kappa shape index (κ3) is 6.04. The van der Waals surface area contributed by atoms with Crippen LogP contribution in [0.1, 0.15) is 23.1 Å². The Morgan fingerprint density at radius 1 is 1.00 bits per heavy atom. The van der Waals surface area contributed by atoms with Gasteiger partial charge in [-0.15, -0.1) is 0 Å². The summed E-state index contributed by atoms with van der Waals surface area (Å²) in [6, 6.07) is 12.8. The summed E-state index contributed by atoms with van der Waals surface area (Å²) in [6.45, 7) is 7.63. The Morgan fingerprint density at radius 2 is 1.67 bits per heavy atom. The standard InChI is InChI=1S/C22H28ClN3O3S/c1-17-3-8-21(15-18(17)2)30(28,29)24-10-9-22(27)26-13-11-25(12-14-26)16-19-4-6-20(23)7-5-19/h3-8,15,24H,9-14,16H2,1-2H3. The average Bonchev–Trinajstić information content (AvgIpc) is 2.72. The first kappa shape index (κ1) is 22.7. The van der Waals surface area contributed by atoms with Crippen LogP contribution in [0, 0.1) is 13.8 Å². The number of rotatable bonds is 7. The van der Waals surface area contributed by atoms with Gasteiger partial charge in [-0.2, -0.15) is 0 Å². The minimum Gasteiger partial charge on any atom is -0.340 e. The molecular formula is C22H28ClN3O3S. The van der Waals surface area contributed by atoms with E-state index in [9.17, 15) is 13.2 Å². The number of benzene rings is 2. The van der Waals surface area contributed by atoms with Crippen LogP contribution in [0.5, 0.6) is 0 Å². The lowest BCUT2D eigenvalue weighted by atomic mass is 10.1. The van der Waals surface area contributed by atoms with Crippen molar-refractivity contribution in [1.82, 2.24) is 14.5 Å². The minimum atomic E-state index is -3.61. The number of piperazine rings is 1. The summed E-state index contributed by atoms with van der Waals surface area (Å²) in [7, 11) is -3.61. The lowest BCUT2D eigenvalue weighted by molar-refractivity contribution is -0.132. The van der Waals surface area contributed by atoms with Gasteiger partial charge in [0.25, 0.3) is 0 Å². The van der Waals surface area contributed by atoms with Crippen LogP contribution in [0.4, 0.5) is 0 Å². The molecule has 0 bridgehead atoms. The van der Waals surface area contributed by atoms with Gasteiger partial charge in [0.15, 0.2) is 0 Å². The van der Waals surface area contributed by atoms with E-state index >= 15 is 0 Å². The highest BCUT2D eigenvalue weighted by atomic mass is 35.5. The van der Waals surface area contributed by atoms with Crippen LogP contribution in [0.3, 0.4) is 0 Å². The maximum absolute atomic E-state index is 12.5. The number of hydrogen-bond acceptors (Lipinski definition) is 4. The number of sulfonamides is 1. The Kier molecular flexibility index (Phi) is 7.52. The van der Waals surface area contributed by atoms with Gasteiger partial charge >= 0.3 is 0 Å². The molecule has 0 aliphatic carbocycles. The summed E-state index contributed by atoms with van der Waals surface area (Å²) in [5.74, 6) is -0.0241. The van der Waals surface area contributed by atoms with Gasteiger partial charge in [-0.3, -0.25) is 9.69 Å². The van der Waals surface area contributed by atoms with Gasteiger partial charge in [0.1, 0.15) is 0 Å². The van der Waals surface area contributed by atoms with E-state index in [4.69, 9.17) is 11.6 Å². The van der Waals surface area contributed by atoms with Gasteiger partial charge in [0.05, 0.1) is 4.90 Å². The number of hydrogen-bond donors (Lipinski definition) is 1. The van der Waals surface area contributed by atoms with Gasteiger partial charge in [0, 0.05) is 50.7 Å². The molecule has 3 rings (SSSR count). The molecule has 0 atom stereocenters. The van der Waals surface area contributed by atoms with E-state index in [1.165, 1.54) is 5.56 Å². The van der Waals surface area contributed by atoms with Crippen LogP contribution < -0.4 is 4.72 Å². The van der Waals surface area contributed by atoms with E-state index in [1.54, 1.807) is 18.2 Å². The summed E-state index contributed by atoms with van der Waals surface area (Å²) < 4.78 is 27.4. The molecule has 30 heavy (non-hydrogen) atoms. The molecule has 1 aliphatic heterocycles. The number of carbonyl (C=O) groups excluding carboxylic acids is 1. The first-order valence-corrected chi connectivity index (χ1v) is 11.9. The normalized spacial score (nSPS) is 15.4. The van der Waals surface area contributed by atoms with Crippen molar-refractivity contribution in [2.45, 2.75) is 31.7 Å². The molecule has 2 aromatic rings. The molecule has 0 unspecified atom stereocenters. The van der Waals surface area contributed by atoms with Crippen molar-refractivity contribution in [3.8, 4) is 0 Å². The molecule has 6 nitrogen and oxygen atoms in total. The topological polar surface area (TPSA) is 69.7 Å². The highest BCUT2D eigenvalue weighted by molar-refractivity contribution is 7.89. The quantitative estimate of drug-likeness (QED) is 0.705. The van der Waals surface area contributed by atoms with Gasteiger partial charge in [-0.25, -0.2) is 13.1 Å². The third-order valence-corrected chi connectivity index (χ3v) is 7.17. The Labute approximate surface area is 183 Å². The molecular weight excluding hydrogens is 422 g/mol. The van der Waals surface area contributed by atoms with E-state index in [1.807, 2.05) is 43.0 Å². The molecule has 1 aliphatic rings. The summed E-state index contributed by atoms with van der Waals surface area (Å²) >= 11 is 5.93. The second kappa shape index (κ2) is 9.92. The molecule has 0 radical (unpaired) electrons. The van der Waals surface area contributed by atoms with Crippen molar-refractivity contribution >= 4 is 27.5 Å². The zero-order valence-corrected chi connectivity index (χ0v) is 19.0. The van der Waals surface area contributed by atoms with Crippen molar-refractivity contribution < 1.29 is 13.2 Å². The van der Waals surface area contributed by atoms with Crippen molar-refractivity contribution in [2.24, 2.45) is 0 Å². The zero-order chi connectivity index (χ0) is 21.7. The first-order chi connectivity index (χ1) is 14.2. The lowest BCUT2D eigenvalue weighted by Gasteiger charge is -2.34. The second-order valence-electron chi connectivity index (χ2n) is 7.68. The van der Waals surface area contributed by atoms with Crippen LogP contribution in [-0.2, 0) is 21.4 Å². The first-order valence-electron chi connectivity index (χ1n) is 10.1. The Morgan fingerprint density at radius 3 is 2.30 bits per heavy atom. The Balaban J connectivity index is 1.43. The van der Waals surface area contributed by atoms with Gasteiger partial charge in [-0.05, 0) is 54.8 Å². The van der Waals surface area contributed by atoms with E-state index in [2.05, 4.69) is 9.62 Å². The molecule has 1 saturated heterocycles. The molecule has 8 heteroatoms.